The number of carbonyl (C=O) groups is 1. The molecule has 3 aromatic rings. The molecule has 7 nitrogen and oxygen atoms in total. The highest BCUT2D eigenvalue weighted by atomic mass is 32.2. The second kappa shape index (κ2) is 6.55. The normalized spacial score (nSPS) is 13.4. The molecule has 0 spiro atoms. The number of nitrogens with one attached hydrogen (secondary N) is 1. The molecule has 1 aromatic heterocycles. The lowest BCUT2D eigenvalue weighted by molar-refractivity contribution is 0.101. The highest BCUT2D eigenvalue weighted by Crippen LogP contribution is 2.32. The first-order chi connectivity index (χ1) is 12.9. The van der Waals surface area contributed by atoms with Gasteiger partial charge < -0.3 is 9.84 Å². The molecule has 0 saturated heterocycles. The predicted molar refractivity (Wildman–Crippen MR) is 102 cm³/mol. The van der Waals surface area contributed by atoms with Crippen LogP contribution in [0.1, 0.15) is 16.1 Å². The Morgan fingerprint density at radius 3 is 2.67 bits per heavy atom. The van der Waals surface area contributed by atoms with Crippen LogP contribution in [0, 0.1) is 0 Å². The number of anilines is 2. The highest BCUT2D eigenvalue weighted by Gasteiger charge is 2.26. The summed E-state index contributed by atoms with van der Waals surface area (Å²) in [4.78, 5) is 12.5. The number of benzene rings is 2. The first kappa shape index (κ1) is 17.3. The van der Waals surface area contributed by atoms with Gasteiger partial charge in [-0.3, -0.25) is 9.10 Å². The van der Waals surface area contributed by atoms with Crippen molar-refractivity contribution in [3.63, 3.8) is 0 Å². The van der Waals surface area contributed by atoms with Gasteiger partial charge in [0, 0.05) is 23.9 Å². The Bertz CT molecular complexity index is 1110. The summed E-state index contributed by atoms with van der Waals surface area (Å²) in [6.45, 7) is 0.412. The Hall–Kier alpha value is -3.13. The SMILES string of the molecule is CS(=O)(=O)N1CCc2ccc(NC(=O)c3cc(-c4ccccc4)on3)cc21. The van der Waals surface area contributed by atoms with Crippen molar-refractivity contribution in [1.82, 2.24) is 5.16 Å². The van der Waals surface area contributed by atoms with E-state index >= 15 is 0 Å². The molecule has 2 heterocycles. The lowest BCUT2D eigenvalue weighted by Crippen LogP contribution is -2.27. The smallest absolute Gasteiger partial charge is 0.277 e. The van der Waals surface area contributed by atoms with Gasteiger partial charge in [-0.1, -0.05) is 41.6 Å². The van der Waals surface area contributed by atoms with Gasteiger partial charge >= 0.3 is 0 Å². The zero-order valence-electron chi connectivity index (χ0n) is 14.5. The molecule has 0 aliphatic carbocycles. The lowest BCUT2D eigenvalue weighted by Gasteiger charge is -2.17. The van der Waals surface area contributed by atoms with E-state index < -0.39 is 15.9 Å². The Morgan fingerprint density at radius 2 is 1.93 bits per heavy atom. The monoisotopic (exact) mass is 383 g/mol. The summed E-state index contributed by atoms with van der Waals surface area (Å²) in [6, 6.07) is 16.2. The van der Waals surface area contributed by atoms with Gasteiger partial charge in [0.05, 0.1) is 11.9 Å². The van der Waals surface area contributed by atoms with Crippen LogP contribution < -0.4 is 9.62 Å². The molecule has 1 aliphatic rings. The third kappa shape index (κ3) is 3.43. The van der Waals surface area contributed by atoms with Crippen LogP contribution in [-0.4, -0.2) is 32.3 Å². The second-order valence-electron chi connectivity index (χ2n) is 6.33. The van der Waals surface area contributed by atoms with Crippen LogP contribution in [0.4, 0.5) is 11.4 Å². The van der Waals surface area contributed by atoms with Crippen molar-refractivity contribution in [3.05, 3.63) is 65.9 Å². The molecule has 2 aromatic carbocycles. The first-order valence-electron chi connectivity index (χ1n) is 8.36. The van der Waals surface area contributed by atoms with Crippen LogP contribution in [0.5, 0.6) is 0 Å². The molecule has 27 heavy (non-hydrogen) atoms. The fourth-order valence-electron chi connectivity index (χ4n) is 3.09. The lowest BCUT2D eigenvalue weighted by atomic mass is 10.1. The fourth-order valence-corrected chi connectivity index (χ4v) is 4.04. The van der Waals surface area contributed by atoms with Gasteiger partial charge in [0.25, 0.3) is 5.91 Å². The molecule has 0 atom stereocenters. The molecule has 1 amide bonds. The summed E-state index contributed by atoms with van der Waals surface area (Å²) in [5.74, 6) is 0.0720. The number of fused-ring (bicyclic) bond motifs is 1. The minimum Gasteiger partial charge on any atom is -0.355 e. The summed E-state index contributed by atoms with van der Waals surface area (Å²) >= 11 is 0. The van der Waals surface area contributed by atoms with Crippen molar-refractivity contribution in [2.24, 2.45) is 0 Å². The maximum absolute atomic E-state index is 12.5. The van der Waals surface area contributed by atoms with E-state index in [0.717, 1.165) is 11.1 Å². The van der Waals surface area contributed by atoms with E-state index in [1.807, 2.05) is 36.4 Å². The van der Waals surface area contributed by atoms with E-state index in [2.05, 4.69) is 10.5 Å². The van der Waals surface area contributed by atoms with Crippen molar-refractivity contribution in [3.8, 4) is 11.3 Å². The average molecular weight is 383 g/mol. The van der Waals surface area contributed by atoms with Gasteiger partial charge in [-0.25, -0.2) is 8.42 Å². The van der Waals surface area contributed by atoms with E-state index in [9.17, 15) is 13.2 Å². The molecule has 4 rings (SSSR count). The Balaban J connectivity index is 1.55. The predicted octanol–water partition coefficient (Wildman–Crippen LogP) is 2.92. The average Bonchev–Trinajstić information content (AvgIpc) is 3.29. The third-order valence-corrected chi connectivity index (χ3v) is 5.58. The molecule has 0 radical (unpaired) electrons. The summed E-state index contributed by atoms with van der Waals surface area (Å²) < 4.78 is 30.4. The van der Waals surface area contributed by atoms with Gasteiger partial charge in [0.15, 0.2) is 11.5 Å². The molecule has 0 saturated carbocycles. The molecule has 1 N–H and O–H groups in total. The van der Waals surface area contributed by atoms with E-state index in [-0.39, 0.29) is 5.69 Å². The van der Waals surface area contributed by atoms with E-state index in [0.29, 0.717) is 30.1 Å². The van der Waals surface area contributed by atoms with Crippen LogP contribution in [0.15, 0.2) is 59.1 Å². The Labute approximate surface area is 156 Å². The van der Waals surface area contributed by atoms with Crippen LogP contribution >= 0.6 is 0 Å². The summed E-state index contributed by atoms with van der Waals surface area (Å²) in [5.41, 5.74) is 3.00. The number of carbonyl (C=O) groups excluding carboxylic acids is 1. The maximum Gasteiger partial charge on any atom is 0.277 e. The number of rotatable bonds is 4. The fraction of sp³-hybridized carbons (Fsp3) is 0.158. The molecule has 0 bridgehead atoms. The standard InChI is InChI=1S/C19H17N3O4S/c1-27(24,25)22-10-9-13-7-8-15(11-17(13)22)20-19(23)16-12-18(26-21-16)14-5-3-2-4-6-14/h2-8,11-12H,9-10H2,1H3,(H,20,23). The summed E-state index contributed by atoms with van der Waals surface area (Å²) in [7, 11) is -3.35. The van der Waals surface area contributed by atoms with Gasteiger partial charge in [0.1, 0.15) is 0 Å². The minimum atomic E-state index is -3.35. The quantitative estimate of drug-likeness (QED) is 0.748. The Kier molecular flexibility index (Phi) is 4.19. The third-order valence-electron chi connectivity index (χ3n) is 4.40. The number of amides is 1. The number of sulfonamides is 1. The molecule has 0 fully saturated rings. The molecule has 0 unspecified atom stereocenters. The highest BCUT2D eigenvalue weighted by molar-refractivity contribution is 7.92. The molecule has 138 valence electrons. The zero-order chi connectivity index (χ0) is 19.0. The van der Waals surface area contributed by atoms with Gasteiger partial charge in [-0.05, 0) is 24.1 Å². The summed E-state index contributed by atoms with van der Waals surface area (Å²) in [5, 5.41) is 6.56. The van der Waals surface area contributed by atoms with E-state index in [1.165, 1.54) is 10.6 Å². The van der Waals surface area contributed by atoms with Crippen molar-refractivity contribution < 1.29 is 17.7 Å². The molecular formula is C19H17N3O4S. The van der Waals surface area contributed by atoms with E-state index in [1.54, 1.807) is 18.2 Å². The van der Waals surface area contributed by atoms with Gasteiger partial charge in [-0.15, -0.1) is 0 Å². The van der Waals surface area contributed by atoms with Crippen molar-refractivity contribution >= 4 is 27.3 Å². The van der Waals surface area contributed by atoms with Crippen LogP contribution in [0.3, 0.4) is 0 Å². The minimum absolute atomic E-state index is 0.148. The molecular weight excluding hydrogens is 366 g/mol. The largest absolute Gasteiger partial charge is 0.355 e. The number of aromatic nitrogens is 1. The van der Waals surface area contributed by atoms with Gasteiger partial charge in [0.2, 0.25) is 10.0 Å². The van der Waals surface area contributed by atoms with Gasteiger partial charge in [-0.2, -0.15) is 0 Å². The number of hydrogen-bond acceptors (Lipinski definition) is 5. The van der Waals surface area contributed by atoms with Crippen LogP contribution in [0.25, 0.3) is 11.3 Å². The number of hydrogen-bond donors (Lipinski definition) is 1. The zero-order valence-corrected chi connectivity index (χ0v) is 15.4. The topological polar surface area (TPSA) is 92.5 Å². The summed E-state index contributed by atoms with van der Waals surface area (Å²) in [6.07, 6.45) is 1.83. The maximum atomic E-state index is 12.5. The molecule has 8 heteroatoms. The van der Waals surface area contributed by atoms with Crippen molar-refractivity contribution in [2.75, 3.05) is 22.4 Å². The number of nitrogens with zero attached hydrogens (tertiary/aromatic N) is 2. The Morgan fingerprint density at radius 1 is 1.15 bits per heavy atom. The first-order valence-corrected chi connectivity index (χ1v) is 10.2. The van der Waals surface area contributed by atoms with Crippen LogP contribution in [-0.2, 0) is 16.4 Å². The van der Waals surface area contributed by atoms with E-state index in [4.69, 9.17) is 4.52 Å². The van der Waals surface area contributed by atoms with Crippen molar-refractivity contribution in [1.29, 1.82) is 0 Å². The molecule has 1 aliphatic heterocycles. The van der Waals surface area contributed by atoms with Crippen molar-refractivity contribution in [2.45, 2.75) is 6.42 Å². The second-order valence-corrected chi connectivity index (χ2v) is 8.23. The van der Waals surface area contributed by atoms with Crippen LogP contribution in [0.2, 0.25) is 0 Å².